The zero-order valence-electron chi connectivity index (χ0n) is 17.9. The van der Waals surface area contributed by atoms with Crippen molar-refractivity contribution in [3.63, 3.8) is 0 Å². The van der Waals surface area contributed by atoms with E-state index in [0.29, 0.717) is 12.8 Å². The van der Waals surface area contributed by atoms with E-state index in [2.05, 4.69) is 57.2 Å². The van der Waals surface area contributed by atoms with Crippen molar-refractivity contribution in [1.29, 1.82) is 0 Å². The third kappa shape index (κ3) is 27.2. The first kappa shape index (κ1) is 26.5. The van der Waals surface area contributed by atoms with Gasteiger partial charge in [0.25, 0.3) is 0 Å². The summed E-state index contributed by atoms with van der Waals surface area (Å²) >= 11 is 0. The molecule has 2 heteroatoms. The van der Waals surface area contributed by atoms with Crippen LogP contribution in [0.15, 0.2) is 47.6 Å². The smallest absolute Gasteiger partial charge is 0.130 e. The van der Waals surface area contributed by atoms with Crippen molar-refractivity contribution in [3.05, 3.63) is 47.6 Å². The van der Waals surface area contributed by atoms with Gasteiger partial charge in [0.05, 0.1) is 0 Å². The minimum absolute atomic E-state index is 0.271. The van der Waals surface area contributed by atoms with Crippen LogP contribution < -0.4 is 0 Å². The first-order chi connectivity index (χ1) is 12.3. The Kier molecular flexibility index (Phi) is 20.0. The lowest BCUT2D eigenvalue weighted by Gasteiger charge is -1.98. The summed E-state index contributed by atoms with van der Waals surface area (Å²) in [5, 5.41) is 0. The van der Waals surface area contributed by atoms with E-state index in [-0.39, 0.29) is 11.6 Å². The zero-order chi connectivity index (χ0) is 20.2. The Balaban J connectivity index is 0. The van der Waals surface area contributed by atoms with Gasteiger partial charge in [0, 0.05) is 12.8 Å². The fraction of sp³-hybridized carbons (Fsp3) is 0.583. The first-order valence-corrected chi connectivity index (χ1v) is 9.83. The van der Waals surface area contributed by atoms with E-state index in [0.717, 1.165) is 38.5 Å². The normalized spacial score (nSPS) is 11.4. The second kappa shape index (κ2) is 19.6. The summed E-state index contributed by atoms with van der Waals surface area (Å²) in [6, 6.07) is 0. The van der Waals surface area contributed by atoms with Crippen molar-refractivity contribution >= 4 is 11.6 Å². The summed E-state index contributed by atoms with van der Waals surface area (Å²) in [5.41, 5.74) is 2.77. The Bertz CT molecular complexity index is 486. The van der Waals surface area contributed by atoms with Gasteiger partial charge in [-0.2, -0.15) is 0 Å². The number of hydrogen-bond acceptors (Lipinski definition) is 2. The molecule has 0 aliphatic carbocycles. The van der Waals surface area contributed by atoms with Crippen LogP contribution in [0.1, 0.15) is 92.9 Å². The molecule has 0 unspecified atom stereocenters. The van der Waals surface area contributed by atoms with Crippen LogP contribution in [0.2, 0.25) is 0 Å². The van der Waals surface area contributed by atoms with Gasteiger partial charge >= 0.3 is 0 Å². The fourth-order valence-corrected chi connectivity index (χ4v) is 2.09. The maximum Gasteiger partial charge on any atom is 0.130 e. The molecule has 0 aromatic carbocycles. The minimum Gasteiger partial charge on any atom is -0.300 e. The molecule has 0 bridgehead atoms. The number of carbonyl (C=O) groups is 2. The molecule has 0 rings (SSSR count). The van der Waals surface area contributed by atoms with Crippen LogP contribution >= 0.6 is 0 Å². The average molecular weight is 361 g/mol. The predicted octanol–water partition coefficient (Wildman–Crippen LogP) is 7.32. The summed E-state index contributed by atoms with van der Waals surface area (Å²) in [6.45, 7) is 11.7. The SMILES string of the molecule is CC(=O)CC/C=C(\C)CCC=C(C)C.CC=CCCC=CCCC(C)=O. The lowest BCUT2D eigenvalue weighted by Crippen LogP contribution is -1.87. The molecule has 0 fully saturated rings. The number of carbonyl (C=O) groups excluding carboxylic acids is 2. The molecular weight excluding hydrogens is 320 g/mol. The van der Waals surface area contributed by atoms with Crippen LogP contribution in [0.4, 0.5) is 0 Å². The summed E-state index contributed by atoms with van der Waals surface area (Å²) < 4.78 is 0. The first-order valence-electron chi connectivity index (χ1n) is 9.83. The van der Waals surface area contributed by atoms with E-state index in [1.54, 1.807) is 13.8 Å². The van der Waals surface area contributed by atoms with E-state index < -0.39 is 0 Å². The molecule has 0 aliphatic rings. The second-order valence-corrected chi connectivity index (χ2v) is 6.97. The number of unbranched alkanes of at least 4 members (excludes halogenated alkanes) is 1. The highest BCUT2D eigenvalue weighted by Gasteiger charge is 1.92. The van der Waals surface area contributed by atoms with Gasteiger partial charge < -0.3 is 9.59 Å². The van der Waals surface area contributed by atoms with Gasteiger partial charge in [-0.15, -0.1) is 0 Å². The zero-order valence-corrected chi connectivity index (χ0v) is 17.9. The van der Waals surface area contributed by atoms with E-state index >= 15 is 0 Å². The van der Waals surface area contributed by atoms with Gasteiger partial charge in [-0.1, -0.05) is 47.6 Å². The summed E-state index contributed by atoms with van der Waals surface area (Å²) in [5.74, 6) is 0.548. The maximum absolute atomic E-state index is 10.7. The second-order valence-electron chi connectivity index (χ2n) is 6.97. The third-order valence-corrected chi connectivity index (χ3v) is 3.65. The largest absolute Gasteiger partial charge is 0.300 e. The summed E-state index contributed by atoms with van der Waals surface area (Å²) in [6.07, 6.45) is 20.4. The molecule has 0 radical (unpaired) electrons. The Morgan fingerprint density at radius 1 is 0.615 bits per heavy atom. The van der Waals surface area contributed by atoms with Crippen molar-refractivity contribution in [2.75, 3.05) is 0 Å². The van der Waals surface area contributed by atoms with Gasteiger partial charge in [-0.3, -0.25) is 0 Å². The highest BCUT2D eigenvalue weighted by atomic mass is 16.1. The molecule has 148 valence electrons. The van der Waals surface area contributed by atoms with Crippen molar-refractivity contribution in [2.24, 2.45) is 0 Å². The third-order valence-electron chi connectivity index (χ3n) is 3.65. The van der Waals surface area contributed by atoms with E-state index in [1.165, 1.54) is 11.1 Å². The fourth-order valence-electron chi connectivity index (χ4n) is 2.09. The molecule has 0 saturated carbocycles. The summed E-state index contributed by atoms with van der Waals surface area (Å²) in [4.78, 5) is 21.2. The molecular formula is C24H40O2. The Labute approximate surface area is 162 Å². The van der Waals surface area contributed by atoms with Gasteiger partial charge in [-0.05, 0) is 80.1 Å². The van der Waals surface area contributed by atoms with Crippen molar-refractivity contribution < 1.29 is 9.59 Å². The highest BCUT2D eigenvalue weighted by molar-refractivity contribution is 5.75. The lowest BCUT2D eigenvalue weighted by atomic mass is 10.1. The van der Waals surface area contributed by atoms with Crippen LogP contribution in [-0.4, -0.2) is 11.6 Å². The molecule has 0 aliphatic heterocycles. The number of rotatable bonds is 12. The molecule has 0 amide bonds. The molecule has 0 atom stereocenters. The van der Waals surface area contributed by atoms with Crippen LogP contribution in [-0.2, 0) is 9.59 Å². The quantitative estimate of drug-likeness (QED) is 0.270. The van der Waals surface area contributed by atoms with E-state index in [4.69, 9.17) is 0 Å². The van der Waals surface area contributed by atoms with Crippen LogP contribution in [0.5, 0.6) is 0 Å². The Morgan fingerprint density at radius 2 is 1.12 bits per heavy atom. The number of allylic oxidation sites excluding steroid dienone is 8. The van der Waals surface area contributed by atoms with Gasteiger partial charge in [0.15, 0.2) is 0 Å². The van der Waals surface area contributed by atoms with Crippen molar-refractivity contribution in [2.45, 2.75) is 92.9 Å². The molecule has 2 nitrogen and oxygen atoms in total. The molecule has 26 heavy (non-hydrogen) atoms. The highest BCUT2D eigenvalue weighted by Crippen LogP contribution is 2.08. The van der Waals surface area contributed by atoms with Gasteiger partial charge in [-0.25, -0.2) is 0 Å². The predicted molar refractivity (Wildman–Crippen MR) is 115 cm³/mol. The monoisotopic (exact) mass is 360 g/mol. The molecule has 0 aromatic rings. The van der Waals surface area contributed by atoms with E-state index in [1.807, 2.05) is 6.92 Å². The molecule has 0 N–H and O–H groups in total. The Hall–Kier alpha value is -1.70. The minimum atomic E-state index is 0.271. The van der Waals surface area contributed by atoms with Crippen molar-refractivity contribution in [1.82, 2.24) is 0 Å². The number of hydrogen-bond donors (Lipinski definition) is 0. The standard InChI is InChI=1S/C13H22O.C11H18O/c1-11(2)7-5-8-12(3)9-6-10-13(4)14;1-3-4-5-6-7-8-9-10-11(2)12/h7,9H,5-6,8,10H2,1-4H3;3-4,7-8H,5-6,9-10H2,1-2H3/b12-9+;. The lowest BCUT2D eigenvalue weighted by molar-refractivity contribution is -0.117. The molecule has 0 heterocycles. The van der Waals surface area contributed by atoms with Crippen LogP contribution in [0.3, 0.4) is 0 Å². The topological polar surface area (TPSA) is 34.1 Å². The van der Waals surface area contributed by atoms with Gasteiger partial charge in [0.2, 0.25) is 0 Å². The number of ketones is 2. The number of Topliss-reactive ketones (excluding diaryl/α,β-unsaturated/α-hetero) is 2. The van der Waals surface area contributed by atoms with E-state index in [9.17, 15) is 9.59 Å². The molecule has 0 saturated heterocycles. The van der Waals surface area contributed by atoms with Gasteiger partial charge in [0.1, 0.15) is 11.6 Å². The van der Waals surface area contributed by atoms with Crippen molar-refractivity contribution in [3.8, 4) is 0 Å². The Morgan fingerprint density at radius 3 is 1.65 bits per heavy atom. The molecule has 0 aromatic heterocycles. The maximum atomic E-state index is 10.7. The summed E-state index contributed by atoms with van der Waals surface area (Å²) in [7, 11) is 0. The van der Waals surface area contributed by atoms with Crippen LogP contribution in [0.25, 0.3) is 0 Å². The average Bonchev–Trinajstić information content (AvgIpc) is 2.53. The molecule has 0 spiro atoms. The van der Waals surface area contributed by atoms with Crippen LogP contribution in [0, 0.1) is 0 Å².